The maximum absolute atomic E-state index is 14.0. The molecule has 9 nitrogen and oxygen atoms in total. The second kappa shape index (κ2) is 11.5. The van der Waals surface area contributed by atoms with Crippen LogP contribution in [-0.2, 0) is 20.9 Å². The van der Waals surface area contributed by atoms with Crippen molar-refractivity contribution >= 4 is 51.9 Å². The van der Waals surface area contributed by atoms with Gasteiger partial charge in [0.15, 0.2) is 0 Å². The van der Waals surface area contributed by atoms with Crippen molar-refractivity contribution in [1.29, 1.82) is 0 Å². The highest BCUT2D eigenvalue weighted by atomic mass is 32.1. The van der Waals surface area contributed by atoms with Crippen LogP contribution >= 0.6 is 11.3 Å². The second-order valence-corrected chi connectivity index (χ2v) is 10.4. The molecule has 1 N–H and O–H groups in total. The average molecular weight is 554 g/mol. The Morgan fingerprint density at radius 2 is 1.75 bits per heavy atom. The minimum Gasteiger partial charge on any atom is -0.378 e. The summed E-state index contributed by atoms with van der Waals surface area (Å²) in [4.78, 5) is 62.6. The lowest BCUT2D eigenvalue weighted by molar-refractivity contribution is -0.138. The molecule has 2 aromatic heterocycles. The maximum Gasteiger partial charge on any atom is 0.299 e. The highest BCUT2D eigenvalue weighted by Gasteiger charge is 2.39. The predicted molar refractivity (Wildman–Crippen MR) is 154 cm³/mol. The van der Waals surface area contributed by atoms with Crippen LogP contribution in [0.3, 0.4) is 0 Å². The van der Waals surface area contributed by atoms with Gasteiger partial charge in [0.1, 0.15) is 12.6 Å². The fraction of sp³-hybridized carbons (Fsp3) is 0.167. The Morgan fingerprint density at radius 3 is 2.42 bits per heavy atom. The van der Waals surface area contributed by atoms with Gasteiger partial charge in [-0.15, -0.1) is 11.3 Å². The second-order valence-electron chi connectivity index (χ2n) is 9.47. The van der Waals surface area contributed by atoms with E-state index in [1.54, 1.807) is 60.9 Å². The number of Topliss-reactive ketones (excluding diaryl/α,β-unsaturated/α-hetero) is 1. The van der Waals surface area contributed by atoms with Crippen LogP contribution in [0.4, 0.5) is 17.1 Å². The van der Waals surface area contributed by atoms with E-state index in [2.05, 4.69) is 10.3 Å². The molecule has 0 unspecified atom stereocenters. The minimum absolute atomic E-state index is 0.0693. The lowest BCUT2D eigenvalue weighted by Crippen LogP contribution is -2.46. The summed E-state index contributed by atoms with van der Waals surface area (Å²) < 4.78 is 0. The van der Waals surface area contributed by atoms with Crippen LogP contribution in [0.2, 0.25) is 0 Å². The smallest absolute Gasteiger partial charge is 0.299 e. The van der Waals surface area contributed by atoms with Gasteiger partial charge in [0.05, 0.1) is 11.3 Å². The number of thiophene rings is 1. The zero-order chi connectivity index (χ0) is 28.2. The van der Waals surface area contributed by atoms with Gasteiger partial charge in [0.2, 0.25) is 5.91 Å². The molecule has 1 aliphatic heterocycles. The third-order valence-corrected chi connectivity index (χ3v) is 7.52. The predicted octanol–water partition coefficient (Wildman–Crippen LogP) is 4.15. The monoisotopic (exact) mass is 553 g/mol. The lowest BCUT2D eigenvalue weighted by atomic mass is 10.1. The number of benzene rings is 2. The molecule has 0 spiro atoms. The van der Waals surface area contributed by atoms with Crippen molar-refractivity contribution in [3.8, 4) is 0 Å². The molecule has 202 valence electrons. The number of ketones is 1. The molecule has 0 saturated heterocycles. The Morgan fingerprint density at radius 1 is 0.975 bits per heavy atom. The minimum atomic E-state index is -0.995. The van der Waals surface area contributed by atoms with E-state index in [0.717, 1.165) is 5.69 Å². The summed E-state index contributed by atoms with van der Waals surface area (Å²) in [5.41, 5.74) is 2.91. The van der Waals surface area contributed by atoms with Crippen molar-refractivity contribution in [2.75, 3.05) is 35.8 Å². The van der Waals surface area contributed by atoms with E-state index >= 15 is 0 Å². The number of nitrogens with one attached hydrogen (secondary N) is 1. The third kappa shape index (κ3) is 5.48. The van der Waals surface area contributed by atoms with Crippen LogP contribution in [-0.4, -0.2) is 54.0 Å². The van der Waals surface area contributed by atoms with Crippen LogP contribution in [0, 0.1) is 0 Å². The molecule has 4 aromatic rings. The number of pyridine rings is 1. The quantitative estimate of drug-likeness (QED) is 0.313. The number of amides is 3. The van der Waals surface area contributed by atoms with Gasteiger partial charge in [-0.2, -0.15) is 0 Å². The summed E-state index contributed by atoms with van der Waals surface area (Å²) in [5.74, 6) is -2.32. The SMILES string of the molecule is CN(C)c1ccc(NC(=O)[C@@H](c2cccs2)N(Cc2cccnc2)C(=O)CN2C(=O)C(=O)c3ccccc32)cc1. The van der Waals surface area contributed by atoms with E-state index in [1.807, 2.05) is 48.6 Å². The van der Waals surface area contributed by atoms with Gasteiger partial charge in [0, 0.05) is 49.3 Å². The summed E-state index contributed by atoms with van der Waals surface area (Å²) >= 11 is 1.35. The third-order valence-electron chi connectivity index (χ3n) is 6.59. The summed E-state index contributed by atoms with van der Waals surface area (Å²) in [5, 5.41) is 4.79. The number of hydrogen-bond donors (Lipinski definition) is 1. The molecule has 5 rings (SSSR count). The number of anilines is 3. The van der Waals surface area contributed by atoms with Crippen LogP contribution in [0.25, 0.3) is 0 Å². The van der Waals surface area contributed by atoms with E-state index in [0.29, 0.717) is 21.8 Å². The molecule has 3 heterocycles. The summed E-state index contributed by atoms with van der Waals surface area (Å²) in [6, 6.07) is 20.2. The molecule has 2 aromatic carbocycles. The number of rotatable bonds is 9. The Balaban J connectivity index is 1.48. The zero-order valence-electron chi connectivity index (χ0n) is 22.0. The molecule has 1 atom stereocenters. The number of carbonyl (C=O) groups excluding carboxylic acids is 4. The first-order chi connectivity index (χ1) is 19.3. The van der Waals surface area contributed by atoms with E-state index in [9.17, 15) is 19.2 Å². The van der Waals surface area contributed by atoms with Gasteiger partial charge in [-0.05, 0) is 59.5 Å². The Labute approximate surface area is 235 Å². The van der Waals surface area contributed by atoms with Crippen molar-refractivity contribution in [3.05, 3.63) is 107 Å². The van der Waals surface area contributed by atoms with Gasteiger partial charge in [-0.1, -0.05) is 24.3 Å². The van der Waals surface area contributed by atoms with Crippen LogP contribution in [0.5, 0.6) is 0 Å². The number of fused-ring (bicyclic) bond motifs is 1. The molecule has 0 bridgehead atoms. The molecule has 1 aliphatic rings. The molecule has 0 aliphatic carbocycles. The molecular weight excluding hydrogens is 526 g/mol. The zero-order valence-corrected chi connectivity index (χ0v) is 22.8. The van der Waals surface area contributed by atoms with Gasteiger partial charge in [0.25, 0.3) is 17.6 Å². The highest BCUT2D eigenvalue weighted by molar-refractivity contribution is 7.10. The standard InChI is InChI=1S/C30H27N5O4S/c1-33(2)22-13-11-21(12-14-22)32-29(38)27(25-10-6-16-40-25)35(18-20-7-5-15-31-17-20)26(36)19-34-24-9-4-3-8-23(24)28(37)30(34)39/h3-17,27H,18-19H2,1-2H3,(H,32,38)/t27-/m1/s1. The van der Waals surface area contributed by atoms with Gasteiger partial charge < -0.3 is 15.1 Å². The van der Waals surface area contributed by atoms with E-state index < -0.39 is 36.1 Å². The van der Waals surface area contributed by atoms with Crippen molar-refractivity contribution in [1.82, 2.24) is 9.88 Å². The van der Waals surface area contributed by atoms with Crippen molar-refractivity contribution in [2.24, 2.45) is 0 Å². The number of para-hydroxylation sites is 1. The first kappa shape index (κ1) is 26.8. The molecular formula is C30H27N5O4S. The molecule has 10 heteroatoms. The molecule has 40 heavy (non-hydrogen) atoms. The van der Waals surface area contributed by atoms with E-state index in [-0.39, 0.29) is 12.1 Å². The van der Waals surface area contributed by atoms with Crippen LogP contribution in [0.1, 0.15) is 26.8 Å². The fourth-order valence-electron chi connectivity index (χ4n) is 4.57. The van der Waals surface area contributed by atoms with Crippen molar-refractivity contribution < 1.29 is 19.2 Å². The number of nitrogens with zero attached hydrogens (tertiary/aromatic N) is 4. The van der Waals surface area contributed by atoms with E-state index in [4.69, 9.17) is 0 Å². The number of carbonyl (C=O) groups is 4. The summed E-state index contributed by atoms with van der Waals surface area (Å²) in [6.45, 7) is -0.325. The molecule has 3 amide bonds. The van der Waals surface area contributed by atoms with Crippen molar-refractivity contribution in [3.63, 3.8) is 0 Å². The normalized spacial score (nSPS) is 13.1. The van der Waals surface area contributed by atoms with E-state index in [1.165, 1.54) is 21.1 Å². The Bertz CT molecular complexity index is 1540. The topological polar surface area (TPSA) is 103 Å². The van der Waals surface area contributed by atoms with Gasteiger partial charge in [-0.25, -0.2) is 0 Å². The van der Waals surface area contributed by atoms with Crippen molar-refractivity contribution in [2.45, 2.75) is 12.6 Å². The Kier molecular flexibility index (Phi) is 7.70. The molecule has 0 fully saturated rings. The number of hydrogen-bond acceptors (Lipinski definition) is 7. The summed E-state index contributed by atoms with van der Waals surface area (Å²) in [6.07, 6.45) is 3.26. The number of aromatic nitrogens is 1. The first-order valence-corrected chi connectivity index (χ1v) is 13.5. The van der Waals surface area contributed by atoms with Gasteiger partial charge >= 0.3 is 0 Å². The first-order valence-electron chi connectivity index (χ1n) is 12.6. The highest BCUT2D eigenvalue weighted by Crippen LogP contribution is 2.32. The average Bonchev–Trinajstić information content (AvgIpc) is 3.57. The fourth-order valence-corrected chi connectivity index (χ4v) is 5.40. The van der Waals surface area contributed by atoms with Crippen LogP contribution < -0.4 is 15.1 Å². The molecule has 0 saturated carbocycles. The molecule has 0 radical (unpaired) electrons. The summed E-state index contributed by atoms with van der Waals surface area (Å²) in [7, 11) is 3.86. The van der Waals surface area contributed by atoms with Gasteiger partial charge in [-0.3, -0.25) is 29.1 Å². The largest absolute Gasteiger partial charge is 0.378 e. The maximum atomic E-state index is 14.0. The lowest BCUT2D eigenvalue weighted by Gasteiger charge is -2.32. The van der Waals surface area contributed by atoms with Crippen LogP contribution in [0.15, 0.2) is 90.6 Å². The Hall–Kier alpha value is -4.83.